The van der Waals surface area contributed by atoms with Crippen LogP contribution >= 0.6 is 0 Å². The molecule has 0 radical (unpaired) electrons. The average Bonchev–Trinajstić information content (AvgIpc) is 3.74. The molecule has 1 aliphatic heterocycles. The number of hydrogen-bond acceptors (Lipinski definition) is 1. The van der Waals surface area contributed by atoms with Gasteiger partial charge < -0.3 is 4.90 Å². The Morgan fingerprint density at radius 2 is 0.810 bits per heavy atom. The Balaban J connectivity index is 1.07. The van der Waals surface area contributed by atoms with Gasteiger partial charge in [0.1, 0.15) is 8.07 Å². The zero-order chi connectivity index (χ0) is 42.7. The van der Waals surface area contributed by atoms with Crippen molar-refractivity contribution in [3.63, 3.8) is 0 Å². The number of rotatable bonds is 5. The van der Waals surface area contributed by atoms with E-state index in [-0.39, 0.29) is 5.41 Å². The first-order valence-electron chi connectivity index (χ1n) is 22.4. The molecule has 12 rings (SSSR count). The molecular formula is C61H49NSi. The minimum Gasteiger partial charge on any atom is -0.310 e. The predicted octanol–water partition coefficient (Wildman–Crippen LogP) is 14.6. The molecule has 0 N–H and O–H groups in total. The van der Waals surface area contributed by atoms with Crippen LogP contribution in [0.3, 0.4) is 0 Å². The largest absolute Gasteiger partial charge is 0.310 e. The van der Waals surface area contributed by atoms with Crippen molar-refractivity contribution in [3.05, 3.63) is 245 Å². The molecule has 9 aromatic rings. The van der Waals surface area contributed by atoms with Gasteiger partial charge in [-0.15, -0.1) is 0 Å². The second-order valence-corrected chi connectivity index (χ2v) is 23.2. The lowest BCUT2D eigenvalue weighted by Gasteiger charge is -2.46. The Labute approximate surface area is 373 Å². The standard InChI is InChI=1S/C61H49NSi/c1-40-37-44(43-29-27-42(28-30-43)41-17-7-6-8-18-41)31-36-57(40)62(45-32-34-49-47-19-9-11-21-51(47)60(2,3)55(49)38-45)46-33-35-50-48-20-10-12-22-52(48)61(56(50)39-46)53-23-13-15-25-58(53)63(4,5)59-26-16-14-24-54(59)61/h6-39H,1-5H3. The fourth-order valence-corrected chi connectivity index (χ4v) is 15.0. The Morgan fingerprint density at radius 3 is 1.43 bits per heavy atom. The van der Waals surface area contributed by atoms with Crippen molar-refractivity contribution in [2.75, 3.05) is 4.90 Å². The third-order valence-corrected chi connectivity index (χ3v) is 18.4. The van der Waals surface area contributed by atoms with Crippen molar-refractivity contribution in [3.8, 4) is 44.5 Å². The van der Waals surface area contributed by atoms with Gasteiger partial charge in [0.25, 0.3) is 0 Å². The quantitative estimate of drug-likeness (QED) is 0.156. The van der Waals surface area contributed by atoms with E-state index in [0.29, 0.717) is 0 Å². The molecule has 0 atom stereocenters. The highest BCUT2D eigenvalue weighted by atomic mass is 28.3. The lowest BCUT2D eigenvalue weighted by atomic mass is 9.67. The lowest BCUT2D eigenvalue weighted by molar-refractivity contribution is 0.660. The third kappa shape index (κ3) is 5.35. The molecule has 1 heterocycles. The van der Waals surface area contributed by atoms with E-state index in [1.165, 1.54) is 105 Å². The van der Waals surface area contributed by atoms with Crippen molar-refractivity contribution in [2.24, 2.45) is 0 Å². The van der Waals surface area contributed by atoms with Gasteiger partial charge in [0.15, 0.2) is 0 Å². The van der Waals surface area contributed by atoms with Crippen LogP contribution in [0, 0.1) is 6.92 Å². The van der Waals surface area contributed by atoms with Crippen LogP contribution in [0.25, 0.3) is 44.5 Å². The molecule has 0 bridgehead atoms. The van der Waals surface area contributed by atoms with Crippen molar-refractivity contribution in [1.82, 2.24) is 0 Å². The molecule has 63 heavy (non-hydrogen) atoms. The highest BCUT2D eigenvalue weighted by molar-refractivity contribution is 7.01. The number of aryl methyl sites for hydroxylation is 1. The van der Waals surface area contributed by atoms with Crippen molar-refractivity contribution < 1.29 is 0 Å². The second kappa shape index (κ2) is 13.7. The summed E-state index contributed by atoms with van der Waals surface area (Å²) in [6.07, 6.45) is 0. The van der Waals surface area contributed by atoms with Gasteiger partial charge in [0.2, 0.25) is 0 Å². The van der Waals surface area contributed by atoms with Gasteiger partial charge in [0, 0.05) is 22.5 Å². The van der Waals surface area contributed by atoms with E-state index in [1.807, 2.05) is 0 Å². The number of anilines is 3. The summed E-state index contributed by atoms with van der Waals surface area (Å²) in [4.78, 5) is 2.53. The molecule has 0 saturated heterocycles. The molecule has 302 valence electrons. The van der Waals surface area contributed by atoms with E-state index in [1.54, 1.807) is 0 Å². The van der Waals surface area contributed by atoms with Crippen molar-refractivity contribution in [1.29, 1.82) is 0 Å². The number of fused-ring (bicyclic) bond motifs is 12. The van der Waals surface area contributed by atoms with E-state index in [9.17, 15) is 0 Å². The molecule has 1 spiro atoms. The van der Waals surface area contributed by atoms with Gasteiger partial charge >= 0.3 is 0 Å². The first-order valence-corrected chi connectivity index (χ1v) is 25.4. The van der Waals surface area contributed by atoms with Crippen LogP contribution in [-0.2, 0) is 10.8 Å². The van der Waals surface area contributed by atoms with Gasteiger partial charge in [-0.25, -0.2) is 0 Å². The third-order valence-electron chi connectivity index (χ3n) is 14.9. The first-order chi connectivity index (χ1) is 30.7. The zero-order valence-electron chi connectivity index (χ0n) is 36.6. The summed E-state index contributed by atoms with van der Waals surface area (Å²) in [7, 11) is -2.03. The normalized spacial score (nSPS) is 15.1. The maximum Gasteiger partial charge on any atom is 0.113 e. The minimum atomic E-state index is -2.03. The van der Waals surface area contributed by atoms with E-state index in [4.69, 9.17) is 0 Å². The molecule has 0 amide bonds. The topological polar surface area (TPSA) is 3.24 Å². The van der Waals surface area contributed by atoms with E-state index in [2.05, 4.69) is 245 Å². The predicted molar refractivity (Wildman–Crippen MR) is 268 cm³/mol. The maximum absolute atomic E-state index is 2.55. The lowest BCUT2D eigenvalue weighted by Crippen LogP contribution is -2.63. The molecule has 0 unspecified atom stereocenters. The summed E-state index contributed by atoms with van der Waals surface area (Å²) in [5, 5.41) is 3.05. The molecule has 0 fully saturated rings. The van der Waals surface area contributed by atoms with Gasteiger partial charge in [-0.1, -0.05) is 197 Å². The summed E-state index contributed by atoms with van der Waals surface area (Å²) in [6, 6.07) is 78.1. The zero-order valence-corrected chi connectivity index (χ0v) is 37.6. The van der Waals surface area contributed by atoms with Crippen molar-refractivity contribution >= 4 is 35.5 Å². The molecular weight excluding hydrogens is 775 g/mol. The monoisotopic (exact) mass is 823 g/mol. The Hall–Kier alpha value is -7.00. The fraction of sp³-hybridized carbons (Fsp3) is 0.115. The second-order valence-electron chi connectivity index (χ2n) is 18.9. The number of hydrogen-bond donors (Lipinski definition) is 0. The van der Waals surface area contributed by atoms with Gasteiger partial charge in [0.05, 0.1) is 5.41 Å². The van der Waals surface area contributed by atoms with Crippen LogP contribution in [-0.4, -0.2) is 8.07 Å². The highest BCUT2D eigenvalue weighted by Gasteiger charge is 2.54. The summed E-state index contributed by atoms with van der Waals surface area (Å²) in [6.45, 7) is 12.1. The average molecular weight is 824 g/mol. The van der Waals surface area contributed by atoms with Gasteiger partial charge in [-0.3, -0.25) is 0 Å². The van der Waals surface area contributed by atoms with Crippen LogP contribution in [0.2, 0.25) is 13.1 Å². The number of nitrogens with zero attached hydrogens (tertiary/aromatic N) is 1. The molecule has 1 nitrogen and oxygen atoms in total. The molecule has 0 saturated carbocycles. The molecule has 2 heteroatoms. The van der Waals surface area contributed by atoms with E-state index in [0.717, 1.165) is 5.69 Å². The molecule has 0 aromatic heterocycles. The van der Waals surface area contributed by atoms with Crippen LogP contribution in [0.1, 0.15) is 52.8 Å². The van der Waals surface area contributed by atoms with Crippen LogP contribution < -0.4 is 15.3 Å². The Morgan fingerprint density at radius 1 is 0.365 bits per heavy atom. The minimum absolute atomic E-state index is 0.131. The Bertz CT molecular complexity index is 3250. The SMILES string of the molecule is Cc1cc(-c2ccc(-c3ccccc3)cc2)ccc1N(c1ccc2c(c1)C(C)(C)c1ccccc1-2)c1ccc2c(c1)C1(c3ccccc3-2)c2ccccc2[Si](C)(C)c2ccccc21. The van der Waals surface area contributed by atoms with Crippen LogP contribution in [0.15, 0.2) is 206 Å². The van der Waals surface area contributed by atoms with Gasteiger partial charge in [-0.2, -0.15) is 0 Å². The van der Waals surface area contributed by atoms with Crippen molar-refractivity contribution in [2.45, 2.75) is 44.7 Å². The fourth-order valence-electron chi connectivity index (χ4n) is 11.8. The van der Waals surface area contributed by atoms with E-state index < -0.39 is 13.5 Å². The smallest absolute Gasteiger partial charge is 0.113 e. The first kappa shape index (κ1) is 37.7. The summed E-state index contributed by atoms with van der Waals surface area (Å²) in [5.41, 5.74) is 22.7. The molecule has 9 aromatic carbocycles. The molecule has 2 aliphatic carbocycles. The van der Waals surface area contributed by atoms with E-state index >= 15 is 0 Å². The van der Waals surface area contributed by atoms with Gasteiger partial charge in [-0.05, 0) is 137 Å². The maximum atomic E-state index is 2.55. The summed E-state index contributed by atoms with van der Waals surface area (Å²) < 4.78 is 0. The van der Waals surface area contributed by atoms with Crippen LogP contribution in [0.4, 0.5) is 17.1 Å². The Kier molecular flexibility index (Phi) is 8.23. The summed E-state index contributed by atoms with van der Waals surface area (Å²) >= 11 is 0. The highest BCUT2D eigenvalue weighted by Crippen LogP contribution is 2.58. The van der Waals surface area contributed by atoms with Crippen LogP contribution in [0.5, 0.6) is 0 Å². The number of benzene rings is 9. The summed E-state index contributed by atoms with van der Waals surface area (Å²) in [5.74, 6) is 0. The molecule has 3 aliphatic rings.